The minimum atomic E-state index is -0.530. The van der Waals surface area contributed by atoms with Crippen LogP contribution in [-0.4, -0.2) is 21.3 Å². The van der Waals surface area contributed by atoms with Gasteiger partial charge in [0.2, 0.25) is 0 Å². The lowest BCUT2D eigenvalue weighted by Gasteiger charge is -2.38. The Bertz CT molecular complexity index is 977. The zero-order valence-corrected chi connectivity index (χ0v) is 16.2. The molecule has 144 valence electrons. The average molecular weight is 380 g/mol. The van der Waals surface area contributed by atoms with E-state index >= 15 is 0 Å². The van der Waals surface area contributed by atoms with Crippen molar-refractivity contribution in [2.45, 2.75) is 17.9 Å². The molecule has 3 nitrogen and oxygen atoms in total. The quantitative estimate of drug-likeness (QED) is 0.487. The maximum absolute atomic E-state index is 9.69. The Morgan fingerprint density at radius 2 is 1.28 bits per heavy atom. The number of aliphatic hydroxyl groups excluding tert-OH is 1. The first kappa shape index (κ1) is 17.9. The second-order valence-electron chi connectivity index (χ2n) is 7.78. The van der Waals surface area contributed by atoms with Gasteiger partial charge < -0.3 is 9.67 Å². The first-order chi connectivity index (χ1) is 14.4. The van der Waals surface area contributed by atoms with Crippen molar-refractivity contribution < 1.29 is 5.11 Å². The monoisotopic (exact) mass is 380 g/mol. The van der Waals surface area contributed by atoms with Gasteiger partial charge in [-0.25, -0.2) is 4.98 Å². The van der Waals surface area contributed by atoms with Gasteiger partial charge in [0.15, 0.2) is 0 Å². The Labute approximate surface area is 171 Å². The summed E-state index contributed by atoms with van der Waals surface area (Å²) in [6.07, 6.45) is 4.94. The summed E-state index contributed by atoms with van der Waals surface area (Å²) < 4.78 is 2.33. The van der Waals surface area contributed by atoms with Crippen LogP contribution in [0.5, 0.6) is 0 Å². The lowest BCUT2D eigenvalue weighted by molar-refractivity contribution is 0.273. The molecular weight excluding hydrogens is 356 g/mol. The van der Waals surface area contributed by atoms with Gasteiger partial charge >= 0.3 is 0 Å². The Morgan fingerprint density at radius 1 is 0.793 bits per heavy atom. The summed E-state index contributed by atoms with van der Waals surface area (Å²) in [6.45, 7) is 0.227. The minimum Gasteiger partial charge on any atom is -0.396 e. The molecule has 4 aromatic rings. The number of rotatable bonds is 6. The first-order valence-corrected chi connectivity index (χ1v) is 10.2. The van der Waals surface area contributed by atoms with E-state index < -0.39 is 5.54 Å². The van der Waals surface area contributed by atoms with Crippen LogP contribution >= 0.6 is 0 Å². The van der Waals surface area contributed by atoms with Crippen LogP contribution < -0.4 is 0 Å². The summed E-state index contributed by atoms with van der Waals surface area (Å²) in [5.74, 6) is 0.670. The van der Waals surface area contributed by atoms with E-state index in [1.807, 2.05) is 12.5 Å². The molecule has 1 N–H and O–H groups in total. The zero-order valence-electron chi connectivity index (χ0n) is 16.2. The van der Waals surface area contributed by atoms with Crippen molar-refractivity contribution in [2.75, 3.05) is 6.61 Å². The van der Waals surface area contributed by atoms with Crippen molar-refractivity contribution in [2.24, 2.45) is 5.92 Å². The smallest absolute Gasteiger partial charge is 0.121 e. The van der Waals surface area contributed by atoms with Crippen molar-refractivity contribution in [3.63, 3.8) is 0 Å². The maximum Gasteiger partial charge on any atom is 0.121 e. The molecule has 1 aliphatic carbocycles. The van der Waals surface area contributed by atoms with Gasteiger partial charge in [-0.1, -0.05) is 91.0 Å². The third kappa shape index (κ3) is 2.90. The van der Waals surface area contributed by atoms with E-state index in [2.05, 4.69) is 101 Å². The van der Waals surface area contributed by atoms with E-state index in [9.17, 15) is 5.11 Å². The zero-order chi connectivity index (χ0) is 19.7. The van der Waals surface area contributed by atoms with Gasteiger partial charge in [-0.2, -0.15) is 0 Å². The number of aromatic nitrogens is 2. The fourth-order valence-corrected chi connectivity index (χ4v) is 4.63. The van der Waals surface area contributed by atoms with E-state index in [0.717, 1.165) is 6.42 Å². The Kier molecular flexibility index (Phi) is 4.53. The molecule has 0 radical (unpaired) electrons. The largest absolute Gasteiger partial charge is 0.396 e. The van der Waals surface area contributed by atoms with Crippen LogP contribution in [0.3, 0.4) is 0 Å². The Balaban J connectivity index is 1.84. The number of hydrogen-bond acceptors (Lipinski definition) is 2. The normalized spacial score (nSPS) is 18.5. The highest BCUT2D eigenvalue weighted by molar-refractivity contribution is 5.51. The van der Waals surface area contributed by atoms with E-state index in [4.69, 9.17) is 0 Å². The third-order valence-electron chi connectivity index (χ3n) is 6.14. The van der Waals surface area contributed by atoms with Gasteiger partial charge in [-0.15, -0.1) is 0 Å². The predicted molar refractivity (Wildman–Crippen MR) is 115 cm³/mol. The van der Waals surface area contributed by atoms with Crippen LogP contribution in [0.15, 0.2) is 104 Å². The molecule has 2 atom stereocenters. The van der Waals surface area contributed by atoms with E-state index in [1.165, 1.54) is 22.4 Å². The van der Waals surface area contributed by atoms with Crippen molar-refractivity contribution in [3.05, 3.63) is 126 Å². The highest BCUT2D eigenvalue weighted by Gasteiger charge is 2.45. The molecule has 5 rings (SSSR count). The Hall–Kier alpha value is -3.17. The van der Waals surface area contributed by atoms with Crippen LogP contribution in [0.25, 0.3) is 0 Å². The minimum absolute atomic E-state index is 0.227. The van der Waals surface area contributed by atoms with E-state index in [-0.39, 0.29) is 6.61 Å². The van der Waals surface area contributed by atoms with Crippen molar-refractivity contribution >= 4 is 0 Å². The molecular formula is C26H24N2O. The molecule has 3 aromatic carbocycles. The van der Waals surface area contributed by atoms with Crippen LogP contribution in [-0.2, 0) is 5.54 Å². The molecule has 1 aliphatic rings. The van der Waals surface area contributed by atoms with Gasteiger partial charge in [-0.05, 0) is 29.0 Å². The lowest BCUT2D eigenvalue weighted by atomic mass is 9.76. The summed E-state index contributed by atoms with van der Waals surface area (Å²) in [4.78, 5) is 4.58. The summed E-state index contributed by atoms with van der Waals surface area (Å²) in [7, 11) is 0. The van der Waals surface area contributed by atoms with Crippen LogP contribution in [0.4, 0.5) is 0 Å². The molecule has 29 heavy (non-hydrogen) atoms. The fraction of sp³-hybridized carbons (Fsp3) is 0.192. The molecule has 0 spiro atoms. The molecule has 1 fully saturated rings. The summed E-state index contributed by atoms with van der Waals surface area (Å²) in [5, 5.41) is 9.69. The molecule has 0 amide bonds. The summed E-state index contributed by atoms with van der Waals surface area (Å²) in [5.41, 5.74) is 4.23. The van der Waals surface area contributed by atoms with Crippen molar-refractivity contribution in [1.29, 1.82) is 0 Å². The third-order valence-corrected chi connectivity index (χ3v) is 6.14. The predicted octanol–water partition coefficient (Wildman–Crippen LogP) is 4.82. The SMILES string of the molecule is OC[C@@H]1C[C@H]1c1cncn1C(c1ccccc1)(c1ccccc1)c1ccccc1. The van der Waals surface area contributed by atoms with Crippen LogP contribution in [0.1, 0.15) is 34.7 Å². The molecule has 1 heterocycles. The highest BCUT2D eigenvalue weighted by Crippen LogP contribution is 2.50. The highest BCUT2D eigenvalue weighted by atomic mass is 16.3. The molecule has 1 aromatic heterocycles. The molecule has 3 heteroatoms. The average Bonchev–Trinajstić information content (AvgIpc) is 3.43. The number of nitrogens with zero attached hydrogens (tertiary/aromatic N) is 2. The van der Waals surface area contributed by atoms with Gasteiger partial charge in [-0.3, -0.25) is 0 Å². The maximum atomic E-state index is 9.69. The molecule has 0 saturated heterocycles. The second-order valence-corrected chi connectivity index (χ2v) is 7.78. The number of hydrogen-bond donors (Lipinski definition) is 1. The second kappa shape index (κ2) is 7.34. The topological polar surface area (TPSA) is 38.1 Å². The molecule has 0 bridgehead atoms. The number of aliphatic hydroxyl groups is 1. The number of imidazole rings is 1. The summed E-state index contributed by atoms with van der Waals surface area (Å²) >= 11 is 0. The fourth-order valence-electron chi connectivity index (χ4n) is 4.63. The molecule has 1 saturated carbocycles. The van der Waals surface area contributed by atoms with Crippen molar-refractivity contribution in [1.82, 2.24) is 9.55 Å². The summed E-state index contributed by atoms with van der Waals surface area (Å²) in [6, 6.07) is 31.9. The molecule has 0 unspecified atom stereocenters. The lowest BCUT2D eigenvalue weighted by Crippen LogP contribution is -2.38. The van der Waals surface area contributed by atoms with Crippen LogP contribution in [0.2, 0.25) is 0 Å². The Morgan fingerprint density at radius 3 is 1.69 bits per heavy atom. The van der Waals surface area contributed by atoms with Gasteiger partial charge in [0, 0.05) is 24.4 Å². The van der Waals surface area contributed by atoms with Gasteiger partial charge in [0.1, 0.15) is 5.54 Å². The van der Waals surface area contributed by atoms with E-state index in [1.54, 1.807) is 0 Å². The van der Waals surface area contributed by atoms with E-state index in [0.29, 0.717) is 11.8 Å². The molecule has 0 aliphatic heterocycles. The first-order valence-electron chi connectivity index (χ1n) is 10.2. The van der Waals surface area contributed by atoms with Crippen molar-refractivity contribution in [3.8, 4) is 0 Å². The van der Waals surface area contributed by atoms with Crippen LogP contribution in [0, 0.1) is 5.92 Å². The van der Waals surface area contributed by atoms with Gasteiger partial charge in [0.05, 0.1) is 6.33 Å². The number of benzene rings is 3. The van der Waals surface area contributed by atoms with Gasteiger partial charge in [0.25, 0.3) is 0 Å². The standard InChI is InChI=1S/C26H24N2O/c29-18-20-16-24(20)25-17-27-19-28(25)26(21-10-4-1-5-11-21,22-12-6-2-7-13-22)23-14-8-3-9-15-23/h1-15,17,19-20,24,29H,16,18H2/t20-,24+/m0/s1.